The molecule has 1 amide bonds. The number of nitrogens with zero attached hydrogens (tertiary/aromatic N) is 3. The van der Waals surface area contributed by atoms with Crippen molar-refractivity contribution >= 4 is 23.5 Å². The summed E-state index contributed by atoms with van der Waals surface area (Å²) in [5, 5.41) is 11.0. The number of anilines is 1. The lowest BCUT2D eigenvalue weighted by Crippen LogP contribution is -2.46. The third-order valence-corrected chi connectivity index (χ3v) is 4.36. The fourth-order valence-corrected chi connectivity index (χ4v) is 3.01. The monoisotopic (exact) mass is 309 g/mol. The first-order chi connectivity index (χ1) is 10.2. The fraction of sp³-hybridized carbons (Fsp3) is 0.643. The highest BCUT2D eigenvalue weighted by molar-refractivity contribution is 7.98. The van der Waals surface area contributed by atoms with Gasteiger partial charge in [-0.3, -0.25) is 4.79 Å². The standard InChI is InChI=1S/C14H23N5OS/c1-21-9-6-12(15)14(20)16-10-11-4-3-8-19(11)13-5-2-7-17-18-13/h2,5,7,11-12H,3-4,6,8-10,15H2,1H3,(H,16,20)/t11?,12-/m0/s1. The highest BCUT2D eigenvalue weighted by atomic mass is 32.2. The normalized spacial score (nSPS) is 19.5. The molecule has 3 N–H and O–H groups in total. The largest absolute Gasteiger partial charge is 0.353 e. The van der Waals surface area contributed by atoms with Crippen molar-refractivity contribution in [3.8, 4) is 0 Å². The van der Waals surface area contributed by atoms with Gasteiger partial charge >= 0.3 is 0 Å². The molecule has 0 spiro atoms. The van der Waals surface area contributed by atoms with Gasteiger partial charge in [-0.15, -0.1) is 5.10 Å². The number of carbonyl (C=O) groups is 1. The van der Waals surface area contributed by atoms with Gasteiger partial charge in [-0.05, 0) is 43.4 Å². The average Bonchev–Trinajstić information content (AvgIpc) is 2.99. The van der Waals surface area contributed by atoms with Crippen molar-refractivity contribution in [1.82, 2.24) is 15.5 Å². The van der Waals surface area contributed by atoms with Crippen LogP contribution in [0.5, 0.6) is 0 Å². The first kappa shape index (κ1) is 16.0. The van der Waals surface area contributed by atoms with Crippen LogP contribution in [0.3, 0.4) is 0 Å². The van der Waals surface area contributed by atoms with Crippen LogP contribution in [0.1, 0.15) is 19.3 Å². The second-order valence-corrected chi connectivity index (χ2v) is 6.19. The fourth-order valence-electron chi connectivity index (χ4n) is 2.52. The number of carbonyl (C=O) groups excluding carboxylic acids is 1. The minimum atomic E-state index is -0.413. The van der Waals surface area contributed by atoms with Crippen molar-refractivity contribution in [2.75, 3.05) is 30.0 Å². The Morgan fingerprint density at radius 2 is 2.52 bits per heavy atom. The van der Waals surface area contributed by atoms with E-state index in [0.717, 1.165) is 31.0 Å². The van der Waals surface area contributed by atoms with E-state index in [1.807, 2.05) is 18.4 Å². The Bertz CT molecular complexity index is 444. The van der Waals surface area contributed by atoms with Crippen LogP contribution in [-0.2, 0) is 4.79 Å². The molecule has 1 fully saturated rings. The molecule has 0 aromatic carbocycles. The van der Waals surface area contributed by atoms with Crippen LogP contribution >= 0.6 is 11.8 Å². The van der Waals surface area contributed by atoms with Gasteiger partial charge in [-0.2, -0.15) is 16.9 Å². The predicted molar refractivity (Wildman–Crippen MR) is 86.4 cm³/mol. The lowest BCUT2D eigenvalue weighted by Gasteiger charge is -2.25. The van der Waals surface area contributed by atoms with Crippen molar-refractivity contribution in [2.45, 2.75) is 31.3 Å². The lowest BCUT2D eigenvalue weighted by molar-refractivity contribution is -0.122. The highest BCUT2D eigenvalue weighted by Gasteiger charge is 2.26. The van der Waals surface area contributed by atoms with Crippen LogP contribution in [0.4, 0.5) is 5.82 Å². The first-order valence-electron chi connectivity index (χ1n) is 7.29. The zero-order valence-corrected chi connectivity index (χ0v) is 13.2. The molecule has 1 aromatic rings. The zero-order valence-electron chi connectivity index (χ0n) is 12.4. The summed E-state index contributed by atoms with van der Waals surface area (Å²) in [5.74, 6) is 1.72. The minimum Gasteiger partial charge on any atom is -0.353 e. The second kappa shape index (κ2) is 8.19. The molecule has 0 aliphatic carbocycles. The maximum absolute atomic E-state index is 12.0. The van der Waals surface area contributed by atoms with E-state index in [-0.39, 0.29) is 11.9 Å². The Morgan fingerprint density at radius 1 is 1.67 bits per heavy atom. The molecule has 0 radical (unpaired) electrons. The third kappa shape index (κ3) is 4.57. The molecule has 1 aliphatic heterocycles. The number of aromatic nitrogens is 2. The number of thioether (sulfide) groups is 1. The van der Waals surface area contributed by atoms with Crippen molar-refractivity contribution < 1.29 is 4.79 Å². The third-order valence-electron chi connectivity index (χ3n) is 3.71. The van der Waals surface area contributed by atoms with Crippen LogP contribution in [0.15, 0.2) is 18.3 Å². The zero-order chi connectivity index (χ0) is 15.1. The summed E-state index contributed by atoms with van der Waals surface area (Å²) >= 11 is 1.70. The van der Waals surface area contributed by atoms with E-state index in [1.165, 1.54) is 0 Å². The summed E-state index contributed by atoms with van der Waals surface area (Å²) < 4.78 is 0. The smallest absolute Gasteiger partial charge is 0.237 e. The van der Waals surface area contributed by atoms with E-state index in [2.05, 4.69) is 20.4 Å². The van der Waals surface area contributed by atoms with Crippen molar-refractivity contribution in [1.29, 1.82) is 0 Å². The summed E-state index contributed by atoms with van der Waals surface area (Å²) in [4.78, 5) is 14.2. The average molecular weight is 309 g/mol. The Hall–Kier alpha value is -1.34. The van der Waals surface area contributed by atoms with Gasteiger partial charge in [0.05, 0.1) is 6.04 Å². The summed E-state index contributed by atoms with van der Waals surface area (Å²) in [6.45, 7) is 1.57. The number of amides is 1. The van der Waals surface area contributed by atoms with E-state index in [0.29, 0.717) is 13.0 Å². The van der Waals surface area contributed by atoms with Crippen LogP contribution in [0.25, 0.3) is 0 Å². The minimum absolute atomic E-state index is 0.0601. The lowest BCUT2D eigenvalue weighted by atomic mass is 10.2. The van der Waals surface area contributed by atoms with Gasteiger partial charge in [0, 0.05) is 25.3 Å². The topological polar surface area (TPSA) is 84.1 Å². The summed E-state index contributed by atoms with van der Waals surface area (Å²) in [6, 6.07) is 3.70. The molecule has 6 nitrogen and oxygen atoms in total. The van der Waals surface area contributed by atoms with Crippen LogP contribution < -0.4 is 16.0 Å². The van der Waals surface area contributed by atoms with E-state index in [9.17, 15) is 4.79 Å². The maximum atomic E-state index is 12.0. The quantitative estimate of drug-likeness (QED) is 0.769. The Kier molecular flexibility index (Phi) is 6.25. The van der Waals surface area contributed by atoms with Crippen molar-refractivity contribution in [3.05, 3.63) is 18.3 Å². The Morgan fingerprint density at radius 3 is 3.24 bits per heavy atom. The van der Waals surface area contributed by atoms with Crippen LogP contribution in [-0.4, -0.2) is 53.3 Å². The van der Waals surface area contributed by atoms with Gasteiger partial charge in [0.15, 0.2) is 5.82 Å². The second-order valence-electron chi connectivity index (χ2n) is 5.20. The summed E-state index contributed by atoms with van der Waals surface area (Å²) in [7, 11) is 0. The molecule has 1 aliphatic rings. The summed E-state index contributed by atoms with van der Waals surface area (Å²) in [6.07, 6.45) is 6.56. The van der Waals surface area contributed by atoms with Crippen LogP contribution in [0.2, 0.25) is 0 Å². The summed E-state index contributed by atoms with van der Waals surface area (Å²) in [5.41, 5.74) is 5.87. The molecule has 1 aromatic heterocycles. The molecule has 2 rings (SSSR count). The molecule has 2 atom stereocenters. The van der Waals surface area contributed by atoms with E-state index in [4.69, 9.17) is 5.73 Å². The van der Waals surface area contributed by atoms with Gasteiger partial charge < -0.3 is 16.0 Å². The molecular weight excluding hydrogens is 286 g/mol. The highest BCUT2D eigenvalue weighted by Crippen LogP contribution is 2.22. The predicted octanol–water partition coefficient (Wildman–Crippen LogP) is 0.642. The van der Waals surface area contributed by atoms with E-state index >= 15 is 0 Å². The molecule has 0 saturated carbocycles. The number of nitrogens with one attached hydrogen (secondary N) is 1. The van der Waals surface area contributed by atoms with Gasteiger partial charge in [0.2, 0.25) is 5.91 Å². The number of nitrogens with two attached hydrogens (primary N) is 1. The van der Waals surface area contributed by atoms with Crippen LogP contribution in [0, 0.1) is 0 Å². The Labute approximate surface area is 129 Å². The van der Waals surface area contributed by atoms with Crippen molar-refractivity contribution in [3.63, 3.8) is 0 Å². The molecule has 7 heteroatoms. The van der Waals surface area contributed by atoms with Gasteiger partial charge in [0.25, 0.3) is 0 Å². The molecule has 2 heterocycles. The molecule has 116 valence electrons. The number of hydrogen-bond donors (Lipinski definition) is 2. The molecule has 21 heavy (non-hydrogen) atoms. The number of hydrogen-bond acceptors (Lipinski definition) is 6. The first-order valence-corrected chi connectivity index (χ1v) is 8.68. The van der Waals surface area contributed by atoms with E-state index in [1.54, 1.807) is 18.0 Å². The molecule has 1 unspecified atom stereocenters. The van der Waals surface area contributed by atoms with Crippen molar-refractivity contribution in [2.24, 2.45) is 5.73 Å². The van der Waals surface area contributed by atoms with Gasteiger partial charge in [-0.1, -0.05) is 0 Å². The Balaban J connectivity index is 1.83. The van der Waals surface area contributed by atoms with Gasteiger partial charge in [-0.25, -0.2) is 0 Å². The van der Waals surface area contributed by atoms with Gasteiger partial charge in [0.1, 0.15) is 0 Å². The molecular formula is C14H23N5OS. The molecule has 1 saturated heterocycles. The maximum Gasteiger partial charge on any atom is 0.237 e. The number of rotatable bonds is 7. The molecule has 0 bridgehead atoms. The SMILES string of the molecule is CSCC[C@H](N)C(=O)NCC1CCCN1c1cccnn1. The van der Waals surface area contributed by atoms with E-state index < -0.39 is 6.04 Å².